The second-order valence-electron chi connectivity index (χ2n) is 4.30. The first-order valence-electron chi connectivity index (χ1n) is 5.00. The largest absolute Gasteiger partial charge is 0.480 e. The Kier molecular flexibility index (Phi) is 3.59. The van der Waals surface area contributed by atoms with Gasteiger partial charge in [-0.15, -0.1) is 0 Å². The Morgan fingerprint density at radius 3 is 2.29 bits per heavy atom. The zero-order valence-electron chi connectivity index (χ0n) is 9.89. The van der Waals surface area contributed by atoms with Gasteiger partial charge in [-0.2, -0.15) is 4.72 Å². The average Bonchev–Trinajstić information content (AvgIpc) is 2.16. The van der Waals surface area contributed by atoms with Gasteiger partial charge in [0.1, 0.15) is 5.54 Å². The minimum Gasteiger partial charge on any atom is -0.480 e. The van der Waals surface area contributed by atoms with Crippen LogP contribution < -0.4 is 4.72 Å². The van der Waals surface area contributed by atoms with E-state index in [1.165, 1.54) is 19.9 Å². The number of rotatable bonds is 4. The van der Waals surface area contributed by atoms with Crippen LogP contribution in [0.15, 0.2) is 29.2 Å². The minimum absolute atomic E-state index is 0.0920. The van der Waals surface area contributed by atoms with E-state index in [9.17, 15) is 13.2 Å². The van der Waals surface area contributed by atoms with Crippen LogP contribution in [-0.2, 0) is 14.8 Å². The molecule has 0 aliphatic carbocycles. The van der Waals surface area contributed by atoms with Crippen LogP contribution in [0.1, 0.15) is 19.4 Å². The van der Waals surface area contributed by atoms with Crippen molar-refractivity contribution < 1.29 is 18.3 Å². The monoisotopic (exact) mass is 257 g/mol. The van der Waals surface area contributed by atoms with E-state index in [1.54, 1.807) is 25.1 Å². The van der Waals surface area contributed by atoms with Crippen molar-refractivity contribution in [2.24, 2.45) is 0 Å². The van der Waals surface area contributed by atoms with Crippen molar-refractivity contribution in [2.75, 3.05) is 0 Å². The summed E-state index contributed by atoms with van der Waals surface area (Å²) in [7, 11) is -3.82. The molecule has 0 radical (unpaired) electrons. The molecule has 0 saturated carbocycles. The molecule has 0 saturated heterocycles. The van der Waals surface area contributed by atoms with Crippen molar-refractivity contribution in [1.29, 1.82) is 0 Å². The van der Waals surface area contributed by atoms with E-state index in [1.807, 2.05) is 0 Å². The number of hydrogen-bond acceptors (Lipinski definition) is 3. The molecule has 6 heteroatoms. The highest BCUT2D eigenvalue weighted by atomic mass is 32.2. The smallest absolute Gasteiger partial charge is 0.324 e. The topological polar surface area (TPSA) is 83.5 Å². The zero-order chi connectivity index (χ0) is 13.3. The molecule has 0 aliphatic heterocycles. The predicted molar refractivity (Wildman–Crippen MR) is 63.2 cm³/mol. The van der Waals surface area contributed by atoms with Gasteiger partial charge in [-0.1, -0.05) is 18.2 Å². The van der Waals surface area contributed by atoms with E-state index in [0.29, 0.717) is 5.56 Å². The molecule has 1 aromatic carbocycles. The molecule has 94 valence electrons. The Morgan fingerprint density at radius 2 is 1.82 bits per heavy atom. The fourth-order valence-electron chi connectivity index (χ4n) is 1.29. The molecule has 0 aromatic heterocycles. The van der Waals surface area contributed by atoms with Gasteiger partial charge >= 0.3 is 5.97 Å². The summed E-state index contributed by atoms with van der Waals surface area (Å²) in [6.07, 6.45) is 0. The molecule has 0 heterocycles. The molecule has 0 unspecified atom stereocenters. The number of carboxylic acid groups (broad SMARTS) is 1. The Morgan fingerprint density at radius 1 is 1.29 bits per heavy atom. The van der Waals surface area contributed by atoms with Crippen molar-refractivity contribution in [3.63, 3.8) is 0 Å². The van der Waals surface area contributed by atoms with Crippen LogP contribution >= 0.6 is 0 Å². The van der Waals surface area contributed by atoms with Crippen molar-refractivity contribution in [3.05, 3.63) is 29.8 Å². The lowest BCUT2D eigenvalue weighted by Crippen LogP contribution is -2.49. The lowest BCUT2D eigenvalue weighted by Gasteiger charge is -2.21. The van der Waals surface area contributed by atoms with Crippen LogP contribution in [0.5, 0.6) is 0 Å². The minimum atomic E-state index is -3.82. The predicted octanol–water partition coefficient (Wildman–Crippen LogP) is 1.14. The lowest BCUT2D eigenvalue weighted by atomic mass is 10.1. The third-order valence-corrected chi connectivity index (χ3v) is 4.12. The molecule has 0 aliphatic rings. The third-order valence-electron chi connectivity index (χ3n) is 2.31. The highest BCUT2D eigenvalue weighted by Crippen LogP contribution is 2.16. The number of sulfonamides is 1. The molecule has 1 rings (SSSR count). The van der Waals surface area contributed by atoms with Crippen LogP contribution in [0.25, 0.3) is 0 Å². The number of nitrogens with one attached hydrogen (secondary N) is 1. The van der Waals surface area contributed by atoms with Crippen LogP contribution in [-0.4, -0.2) is 25.0 Å². The van der Waals surface area contributed by atoms with E-state index in [-0.39, 0.29) is 4.90 Å². The fourth-order valence-corrected chi connectivity index (χ4v) is 2.91. The third kappa shape index (κ3) is 3.04. The number of benzene rings is 1. The number of aliphatic carboxylic acids is 1. The van der Waals surface area contributed by atoms with Crippen molar-refractivity contribution in [1.82, 2.24) is 4.72 Å². The van der Waals surface area contributed by atoms with Gasteiger partial charge < -0.3 is 5.11 Å². The lowest BCUT2D eigenvalue weighted by molar-refractivity contribution is -0.142. The summed E-state index contributed by atoms with van der Waals surface area (Å²) in [6, 6.07) is 6.41. The molecule has 17 heavy (non-hydrogen) atoms. The van der Waals surface area contributed by atoms with E-state index in [0.717, 1.165) is 0 Å². The van der Waals surface area contributed by atoms with Gasteiger partial charge in [0.15, 0.2) is 0 Å². The second-order valence-corrected chi connectivity index (χ2v) is 5.95. The summed E-state index contributed by atoms with van der Waals surface area (Å²) in [4.78, 5) is 11.0. The van der Waals surface area contributed by atoms with Crippen molar-refractivity contribution in [3.8, 4) is 0 Å². The van der Waals surface area contributed by atoms with Crippen LogP contribution in [0.4, 0.5) is 0 Å². The highest BCUT2D eigenvalue weighted by molar-refractivity contribution is 7.89. The van der Waals surface area contributed by atoms with Gasteiger partial charge in [-0.3, -0.25) is 4.79 Å². The Balaban J connectivity index is 3.15. The molecule has 2 N–H and O–H groups in total. The Bertz CT molecular complexity index is 534. The van der Waals surface area contributed by atoms with E-state index >= 15 is 0 Å². The highest BCUT2D eigenvalue weighted by Gasteiger charge is 2.33. The number of carbonyl (C=O) groups is 1. The van der Waals surface area contributed by atoms with Gasteiger partial charge in [0.2, 0.25) is 10.0 Å². The maximum Gasteiger partial charge on any atom is 0.324 e. The van der Waals surface area contributed by atoms with Gasteiger partial charge in [-0.05, 0) is 32.4 Å². The molecular weight excluding hydrogens is 242 g/mol. The maximum absolute atomic E-state index is 12.0. The van der Waals surface area contributed by atoms with Gasteiger partial charge in [-0.25, -0.2) is 8.42 Å². The fraction of sp³-hybridized carbons (Fsp3) is 0.364. The molecule has 0 spiro atoms. The van der Waals surface area contributed by atoms with Crippen LogP contribution in [0, 0.1) is 6.92 Å². The molecular formula is C11H15NO4S. The number of hydrogen-bond donors (Lipinski definition) is 2. The maximum atomic E-state index is 12.0. The number of aryl methyl sites for hydroxylation is 1. The quantitative estimate of drug-likeness (QED) is 0.847. The Hall–Kier alpha value is -1.40. The summed E-state index contributed by atoms with van der Waals surface area (Å²) < 4.78 is 26.2. The van der Waals surface area contributed by atoms with Crippen LogP contribution in [0.2, 0.25) is 0 Å². The average molecular weight is 257 g/mol. The van der Waals surface area contributed by atoms with Crippen molar-refractivity contribution in [2.45, 2.75) is 31.2 Å². The van der Waals surface area contributed by atoms with Gasteiger partial charge in [0.25, 0.3) is 0 Å². The Labute approximate surface area is 101 Å². The summed E-state index contributed by atoms with van der Waals surface area (Å²) in [6.45, 7) is 4.25. The first-order valence-corrected chi connectivity index (χ1v) is 6.48. The first-order chi connectivity index (χ1) is 7.67. The second kappa shape index (κ2) is 4.46. The molecule has 0 bridgehead atoms. The standard InChI is InChI=1S/C11H15NO4S/c1-8-6-4-5-7-9(8)17(15,16)12-11(2,3)10(13)14/h4-7,12H,1-3H3,(H,13,14). The molecule has 0 amide bonds. The van der Waals surface area contributed by atoms with E-state index in [4.69, 9.17) is 5.11 Å². The summed E-state index contributed by atoms with van der Waals surface area (Å²) in [5.74, 6) is -1.23. The van der Waals surface area contributed by atoms with Crippen LogP contribution in [0.3, 0.4) is 0 Å². The molecule has 0 atom stereocenters. The summed E-state index contributed by atoms with van der Waals surface area (Å²) >= 11 is 0. The van der Waals surface area contributed by atoms with E-state index < -0.39 is 21.5 Å². The molecule has 1 aromatic rings. The number of carboxylic acids is 1. The SMILES string of the molecule is Cc1ccccc1S(=O)(=O)NC(C)(C)C(=O)O. The van der Waals surface area contributed by atoms with Crippen molar-refractivity contribution >= 4 is 16.0 Å². The summed E-state index contributed by atoms with van der Waals surface area (Å²) in [5, 5.41) is 8.89. The normalized spacial score (nSPS) is 12.4. The molecule has 5 nitrogen and oxygen atoms in total. The van der Waals surface area contributed by atoms with Gasteiger partial charge in [0, 0.05) is 0 Å². The first kappa shape index (κ1) is 13.7. The van der Waals surface area contributed by atoms with Gasteiger partial charge in [0.05, 0.1) is 4.90 Å². The van der Waals surface area contributed by atoms with E-state index in [2.05, 4.69) is 4.72 Å². The summed E-state index contributed by atoms with van der Waals surface area (Å²) in [5.41, 5.74) is -0.970. The zero-order valence-corrected chi connectivity index (χ0v) is 10.7. The molecule has 0 fully saturated rings.